The van der Waals surface area contributed by atoms with Gasteiger partial charge in [0.15, 0.2) is 0 Å². The second kappa shape index (κ2) is 12.7. The summed E-state index contributed by atoms with van der Waals surface area (Å²) in [5.41, 5.74) is 1.31. The van der Waals surface area contributed by atoms with Gasteiger partial charge in [-0.05, 0) is 61.7 Å². The van der Waals surface area contributed by atoms with Crippen molar-refractivity contribution in [1.82, 2.24) is 9.80 Å². The molecule has 0 aliphatic carbocycles. The molecule has 1 atom stereocenters. The highest BCUT2D eigenvalue weighted by Crippen LogP contribution is 2.40. The zero-order valence-corrected chi connectivity index (χ0v) is 21.7. The summed E-state index contributed by atoms with van der Waals surface area (Å²) in [6.07, 6.45) is 1.60. The molecule has 2 saturated heterocycles. The first-order chi connectivity index (χ1) is 18.0. The summed E-state index contributed by atoms with van der Waals surface area (Å²) in [6.45, 7) is 9.42. The molecule has 2 heterocycles. The minimum Gasteiger partial charge on any atom is -0.507 e. The van der Waals surface area contributed by atoms with E-state index in [9.17, 15) is 14.7 Å². The lowest BCUT2D eigenvalue weighted by Crippen LogP contribution is -2.38. The normalized spacial score (nSPS) is 19.8. The number of benzene rings is 2. The minimum absolute atomic E-state index is 0.0998. The molecule has 0 aromatic heterocycles. The molecule has 2 aliphatic rings. The predicted molar refractivity (Wildman–Crippen MR) is 141 cm³/mol. The van der Waals surface area contributed by atoms with Crippen molar-refractivity contribution in [3.63, 3.8) is 0 Å². The monoisotopic (exact) mass is 508 g/mol. The Hall–Kier alpha value is -3.36. The highest BCUT2D eigenvalue weighted by Gasteiger charge is 2.45. The van der Waals surface area contributed by atoms with Gasteiger partial charge in [-0.1, -0.05) is 19.1 Å². The van der Waals surface area contributed by atoms with Gasteiger partial charge in [-0.15, -0.1) is 0 Å². The van der Waals surface area contributed by atoms with Gasteiger partial charge in [0.2, 0.25) is 0 Å². The molecular formula is C29H36N2O6. The van der Waals surface area contributed by atoms with Crippen LogP contribution in [0.15, 0.2) is 54.1 Å². The lowest BCUT2D eigenvalue weighted by Gasteiger charge is -2.29. The number of aliphatic hydroxyl groups is 1. The number of Topliss-reactive ketones (excluding diaryl/α,β-unsaturated/α-hetero) is 1. The summed E-state index contributed by atoms with van der Waals surface area (Å²) < 4.78 is 16.6. The van der Waals surface area contributed by atoms with Crippen LogP contribution in [-0.2, 0) is 14.3 Å². The van der Waals surface area contributed by atoms with Gasteiger partial charge in [0.25, 0.3) is 11.7 Å². The fourth-order valence-electron chi connectivity index (χ4n) is 4.74. The number of hydrogen-bond acceptors (Lipinski definition) is 7. The van der Waals surface area contributed by atoms with Crippen LogP contribution in [0.5, 0.6) is 11.5 Å². The Morgan fingerprint density at radius 1 is 0.946 bits per heavy atom. The van der Waals surface area contributed by atoms with Crippen LogP contribution >= 0.6 is 0 Å². The molecule has 2 aliphatic heterocycles. The smallest absolute Gasteiger partial charge is 0.295 e. The average Bonchev–Trinajstić information content (AvgIpc) is 3.18. The Morgan fingerprint density at radius 3 is 2.24 bits per heavy atom. The van der Waals surface area contributed by atoms with E-state index in [1.807, 2.05) is 38.1 Å². The predicted octanol–water partition coefficient (Wildman–Crippen LogP) is 4.02. The van der Waals surface area contributed by atoms with Gasteiger partial charge in [0.1, 0.15) is 17.3 Å². The Balaban J connectivity index is 1.63. The van der Waals surface area contributed by atoms with E-state index < -0.39 is 17.7 Å². The quantitative estimate of drug-likeness (QED) is 0.279. The third kappa shape index (κ3) is 6.32. The molecule has 2 aromatic rings. The van der Waals surface area contributed by atoms with Crippen molar-refractivity contribution in [2.45, 2.75) is 32.7 Å². The molecular weight excluding hydrogens is 472 g/mol. The molecule has 0 spiro atoms. The molecule has 8 heteroatoms. The van der Waals surface area contributed by atoms with Gasteiger partial charge in [-0.3, -0.25) is 14.5 Å². The molecule has 0 bridgehead atoms. The Kier molecular flexibility index (Phi) is 9.19. The lowest BCUT2D eigenvalue weighted by atomic mass is 9.95. The maximum absolute atomic E-state index is 13.3. The van der Waals surface area contributed by atoms with Crippen molar-refractivity contribution >= 4 is 17.4 Å². The number of likely N-dealkylation sites (tertiary alicyclic amines) is 1. The third-order valence-corrected chi connectivity index (χ3v) is 6.62. The van der Waals surface area contributed by atoms with Crippen LogP contribution in [0.4, 0.5) is 0 Å². The second-order valence-electron chi connectivity index (χ2n) is 9.17. The van der Waals surface area contributed by atoms with Crippen LogP contribution in [0.25, 0.3) is 5.76 Å². The highest BCUT2D eigenvalue weighted by molar-refractivity contribution is 6.46. The Bertz CT molecular complexity index is 1090. The van der Waals surface area contributed by atoms with E-state index in [1.165, 1.54) is 0 Å². The molecule has 8 nitrogen and oxygen atoms in total. The van der Waals surface area contributed by atoms with Gasteiger partial charge < -0.3 is 24.2 Å². The van der Waals surface area contributed by atoms with Gasteiger partial charge in [-0.2, -0.15) is 0 Å². The molecule has 4 rings (SSSR count). The number of ether oxygens (including phenoxy) is 3. The molecule has 0 unspecified atom stereocenters. The number of amides is 1. The maximum atomic E-state index is 13.3. The van der Waals surface area contributed by atoms with Crippen molar-refractivity contribution in [2.24, 2.45) is 0 Å². The standard InChI is InChI=1S/C29H36N2O6/c1-3-18-37-24-12-8-22(9-13-24)27(32)25-26(21-6-10-23(11-7-21)36-4-2)31(29(34)28(25)33)15-5-14-30-16-19-35-20-17-30/h6-13,26,32H,3-5,14-20H2,1-2H3/b27-25+/t26-/m0/s1. The molecule has 2 fully saturated rings. The van der Waals surface area contributed by atoms with Crippen molar-refractivity contribution in [2.75, 3.05) is 52.6 Å². The number of ketones is 1. The van der Waals surface area contributed by atoms with Crippen LogP contribution in [-0.4, -0.2) is 79.2 Å². The van der Waals surface area contributed by atoms with E-state index in [1.54, 1.807) is 29.2 Å². The summed E-state index contributed by atoms with van der Waals surface area (Å²) in [4.78, 5) is 30.4. The molecule has 2 aromatic carbocycles. The summed E-state index contributed by atoms with van der Waals surface area (Å²) in [6, 6.07) is 13.6. The van der Waals surface area contributed by atoms with Crippen molar-refractivity contribution < 1.29 is 28.9 Å². The number of hydrogen-bond donors (Lipinski definition) is 1. The number of nitrogens with zero attached hydrogens (tertiary/aromatic N) is 2. The van der Waals surface area contributed by atoms with Crippen LogP contribution in [0.2, 0.25) is 0 Å². The van der Waals surface area contributed by atoms with Gasteiger partial charge >= 0.3 is 0 Å². The van der Waals surface area contributed by atoms with Crippen molar-refractivity contribution in [3.05, 3.63) is 65.2 Å². The number of carbonyl (C=O) groups is 2. The summed E-state index contributed by atoms with van der Waals surface area (Å²) in [7, 11) is 0. The Morgan fingerprint density at radius 2 is 1.59 bits per heavy atom. The molecule has 1 amide bonds. The molecule has 1 N–H and O–H groups in total. The number of rotatable bonds is 11. The van der Waals surface area contributed by atoms with Crippen LogP contribution in [0.1, 0.15) is 43.9 Å². The van der Waals surface area contributed by atoms with E-state index in [0.29, 0.717) is 56.5 Å². The largest absolute Gasteiger partial charge is 0.507 e. The number of aliphatic hydroxyl groups excluding tert-OH is 1. The zero-order valence-electron chi connectivity index (χ0n) is 21.7. The second-order valence-corrected chi connectivity index (χ2v) is 9.17. The topological polar surface area (TPSA) is 88.5 Å². The first-order valence-corrected chi connectivity index (χ1v) is 13.1. The highest BCUT2D eigenvalue weighted by atomic mass is 16.5. The SMILES string of the molecule is CCCOc1ccc(/C(O)=C2\C(=O)C(=O)N(CCCN3CCOCC3)[C@H]2c2ccc(OCC)cc2)cc1. The Labute approximate surface area is 218 Å². The molecule has 37 heavy (non-hydrogen) atoms. The van der Waals surface area contributed by atoms with Gasteiger partial charge in [0.05, 0.1) is 38.0 Å². The van der Waals surface area contributed by atoms with E-state index in [4.69, 9.17) is 14.2 Å². The summed E-state index contributed by atoms with van der Waals surface area (Å²) >= 11 is 0. The van der Waals surface area contributed by atoms with E-state index >= 15 is 0 Å². The van der Waals surface area contributed by atoms with Crippen LogP contribution in [0, 0.1) is 0 Å². The minimum atomic E-state index is -0.684. The lowest BCUT2D eigenvalue weighted by molar-refractivity contribution is -0.140. The fraction of sp³-hybridized carbons (Fsp3) is 0.448. The van der Waals surface area contributed by atoms with E-state index in [2.05, 4.69) is 4.90 Å². The fourth-order valence-corrected chi connectivity index (χ4v) is 4.74. The maximum Gasteiger partial charge on any atom is 0.295 e. The van der Waals surface area contributed by atoms with Crippen molar-refractivity contribution in [3.8, 4) is 11.5 Å². The van der Waals surface area contributed by atoms with Crippen molar-refractivity contribution in [1.29, 1.82) is 0 Å². The van der Waals surface area contributed by atoms with E-state index in [-0.39, 0.29) is 11.3 Å². The van der Waals surface area contributed by atoms with E-state index in [0.717, 1.165) is 31.6 Å². The third-order valence-electron chi connectivity index (χ3n) is 6.62. The van der Waals surface area contributed by atoms with Gasteiger partial charge in [-0.25, -0.2) is 0 Å². The molecule has 0 radical (unpaired) electrons. The first-order valence-electron chi connectivity index (χ1n) is 13.1. The van der Waals surface area contributed by atoms with Gasteiger partial charge in [0, 0.05) is 31.7 Å². The van der Waals surface area contributed by atoms with Crippen LogP contribution < -0.4 is 9.47 Å². The first kappa shape index (κ1) is 26.7. The van der Waals surface area contributed by atoms with Crippen LogP contribution in [0.3, 0.4) is 0 Å². The average molecular weight is 509 g/mol. The summed E-state index contributed by atoms with van der Waals surface area (Å²) in [5, 5.41) is 11.3. The summed E-state index contributed by atoms with van der Waals surface area (Å²) in [5.74, 6) is -0.0578. The molecule has 198 valence electrons. The zero-order chi connectivity index (χ0) is 26.2. The molecule has 0 saturated carbocycles. The number of carbonyl (C=O) groups excluding carboxylic acids is 2. The number of morpholine rings is 1.